The molecule has 1 rings (SSSR count). The van der Waals surface area contributed by atoms with Gasteiger partial charge in [-0.05, 0) is 6.07 Å². The van der Waals surface area contributed by atoms with Gasteiger partial charge in [-0.1, -0.05) is 0 Å². The Bertz CT molecular complexity index is 282. The summed E-state index contributed by atoms with van der Waals surface area (Å²) in [5.74, 6) is -0.756. The third kappa shape index (κ3) is 1.51. The Morgan fingerprint density at radius 2 is 2.55 bits per heavy atom. The van der Waals surface area contributed by atoms with Crippen LogP contribution >= 0.6 is 11.6 Å². The number of hydrogen-bond acceptors (Lipinski definition) is 2. The molecule has 1 heterocycles. The molecule has 4 nitrogen and oxygen atoms in total. The number of aromatic nitrogens is 2. The Kier molecular flexibility index (Phi) is 2.14. The lowest BCUT2D eigenvalue weighted by Crippen LogP contribution is -1.99. The minimum Gasteiger partial charge on any atom is -0.476 e. The van der Waals surface area contributed by atoms with Gasteiger partial charge in [0, 0.05) is 7.05 Å². The number of carbonyl (C=O) groups is 1. The van der Waals surface area contributed by atoms with E-state index in [4.69, 9.17) is 16.7 Å². The maximum Gasteiger partial charge on any atom is 0.356 e. The van der Waals surface area contributed by atoms with E-state index in [1.165, 1.54) is 10.7 Å². The first-order valence-electron chi connectivity index (χ1n) is 2.97. The average molecular weight is 175 g/mol. The number of aromatic carboxylic acids is 1. The zero-order valence-corrected chi connectivity index (χ0v) is 6.67. The fraction of sp³-hybridized carbons (Fsp3) is 0.333. The van der Waals surface area contributed by atoms with E-state index < -0.39 is 5.97 Å². The van der Waals surface area contributed by atoms with E-state index >= 15 is 0 Å². The molecular formula is C6H7ClN2O2. The first-order valence-corrected chi connectivity index (χ1v) is 3.50. The SMILES string of the molecule is Cn1nc(C(=O)O)cc1CCl. The van der Waals surface area contributed by atoms with Gasteiger partial charge in [0.2, 0.25) is 0 Å². The van der Waals surface area contributed by atoms with E-state index in [9.17, 15) is 4.79 Å². The Balaban J connectivity index is 3.05. The van der Waals surface area contributed by atoms with Crippen molar-refractivity contribution < 1.29 is 9.90 Å². The molecule has 0 spiro atoms. The van der Waals surface area contributed by atoms with E-state index in [2.05, 4.69) is 5.10 Å². The highest BCUT2D eigenvalue weighted by Gasteiger charge is 2.09. The van der Waals surface area contributed by atoms with Crippen LogP contribution in [0.15, 0.2) is 6.07 Å². The molecule has 0 atom stereocenters. The number of hydrogen-bond donors (Lipinski definition) is 1. The smallest absolute Gasteiger partial charge is 0.356 e. The van der Waals surface area contributed by atoms with Crippen LogP contribution in [0.25, 0.3) is 0 Å². The summed E-state index contributed by atoms with van der Waals surface area (Å²) in [6.07, 6.45) is 0. The van der Waals surface area contributed by atoms with Crippen molar-refractivity contribution in [2.75, 3.05) is 0 Å². The lowest BCUT2D eigenvalue weighted by molar-refractivity contribution is 0.0689. The van der Waals surface area contributed by atoms with Crippen LogP contribution < -0.4 is 0 Å². The summed E-state index contributed by atoms with van der Waals surface area (Å²) in [6.45, 7) is 0. The summed E-state index contributed by atoms with van der Waals surface area (Å²) in [4.78, 5) is 10.4. The Hall–Kier alpha value is -1.03. The topological polar surface area (TPSA) is 55.1 Å². The predicted molar refractivity (Wildman–Crippen MR) is 39.7 cm³/mol. The van der Waals surface area contributed by atoms with Crippen molar-refractivity contribution in [2.45, 2.75) is 5.88 Å². The Labute approximate surface area is 68.4 Å². The molecule has 0 fully saturated rings. The van der Waals surface area contributed by atoms with E-state index in [1.807, 2.05) is 0 Å². The molecule has 5 heteroatoms. The molecule has 1 aromatic rings. The lowest BCUT2D eigenvalue weighted by atomic mass is 10.4. The zero-order valence-electron chi connectivity index (χ0n) is 5.91. The van der Waals surface area contributed by atoms with Crippen molar-refractivity contribution in [1.29, 1.82) is 0 Å². The monoisotopic (exact) mass is 174 g/mol. The van der Waals surface area contributed by atoms with Crippen LogP contribution in [0, 0.1) is 0 Å². The summed E-state index contributed by atoms with van der Waals surface area (Å²) < 4.78 is 1.45. The van der Waals surface area contributed by atoms with Crippen molar-refractivity contribution in [3.05, 3.63) is 17.5 Å². The van der Waals surface area contributed by atoms with E-state index in [-0.39, 0.29) is 11.6 Å². The van der Waals surface area contributed by atoms with Gasteiger partial charge in [0.1, 0.15) is 0 Å². The van der Waals surface area contributed by atoms with E-state index in [1.54, 1.807) is 7.05 Å². The van der Waals surface area contributed by atoms with Crippen LogP contribution in [0.4, 0.5) is 0 Å². The molecule has 0 saturated carbocycles. The third-order valence-corrected chi connectivity index (χ3v) is 1.61. The van der Waals surface area contributed by atoms with Crippen LogP contribution in [0.1, 0.15) is 16.2 Å². The fourth-order valence-corrected chi connectivity index (χ4v) is 0.986. The van der Waals surface area contributed by atoms with Crippen molar-refractivity contribution in [1.82, 2.24) is 9.78 Å². The minimum absolute atomic E-state index is 0.0307. The van der Waals surface area contributed by atoms with Gasteiger partial charge in [-0.3, -0.25) is 4.68 Å². The largest absolute Gasteiger partial charge is 0.476 e. The van der Waals surface area contributed by atoms with Gasteiger partial charge in [0.25, 0.3) is 0 Å². The fourth-order valence-electron chi connectivity index (χ4n) is 0.736. The van der Waals surface area contributed by atoms with Gasteiger partial charge < -0.3 is 5.11 Å². The first kappa shape index (κ1) is 8.07. The quantitative estimate of drug-likeness (QED) is 0.677. The summed E-state index contributed by atoms with van der Waals surface area (Å²) >= 11 is 5.50. The molecular weight excluding hydrogens is 168 g/mol. The molecule has 0 saturated heterocycles. The first-order chi connectivity index (χ1) is 5.15. The number of halogens is 1. The molecule has 11 heavy (non-hydrogen) atoms. The molecule has 0 aromatic carbocycles. The molecule has 60 valence electrons. The second-order valence-corrected chi connectivity index (χ2v) is 2.35. The van der Waals surface area contributed by atoms with Crippen LogP contribution in [0.2, 0.25) is 0 Å². The molecule has 0 aliphatic heterocycles. The van der Waals surface area contributed by atoms with Crippen LogP contribution in [-0.4, -0.2) is 20.9 Å². The molecule has 1 aromatic heterocycles. The predicted octanol–water partition coefficient (Wildman–Crippen LogP) is 0.857. The highest BCUT2D eigenvalue weighted by molar-refractivity contribution is 6.16. The minimum atomic E-state index is -1.03. The lowest BCUT2D eigenvalue weighted by Gasteiger charge is -1.91. The average Bonchev–Trinajstić information content (AvgIpc) is 2.31. The van der Waals surface area contributed by atoms with E-state index in [0.717, 1.165) is 0 Å². The van der Waals surface area contributed by atoms with Crippen LogP contribution in [0.5, 0.6) is 0 Å². The molecule has 0 bridgehead atoms. The van der Waals surface area contributed by atoms with Crippen LogP contribution in [0.3, 0.4) is 0 Å². The standard InChI is InChI=1S/C6H7ClN2O2/c1-9-4(3-7)2-5(8-9)6(10)11/h2H,3H2,1H3,(H,10,11). The maximum atomic E-state index is 10.4. The summed E-state index contributed by atoms with van der Waals surface area (Å²) in [7, 11) is 1.66. The number of alkyl halides is 1. The molecule has 0 aliphatic carbocycles. The Morgan fingerprint density at radius 1 is 1.91 bits per heavy atom. The number of aryl methyl sites for hydroxylation is 1. The van der Waals surface area contributed by atoms with Gasteiger partial charge in [0.05, 0.1) is 11.6 Å². The number of carboxylic acid groups (broad SMARTS) is 1. The molecule has 0 radical (unpaired) electrons. The third-order valence-electron chi connectivity index (χ3n) is 1.33. The second-order valence-electron chi connectivity index (χ2n) is 2.08. The second kappa shape index (κ2) is 2.92. The zero-order chi connectivity index (χ0) is 8.43. The highest BCUT2D eigenvalue weighted by atomic mass is 35.5. The Morgan fingerprint density at radius 3 is 2.82 bits per heavy atom. The number of nitrogens with zero attached hydrogens (tertiary/aromatic N) is 2. The van der Waals surface area contributed by atoms with Gasteiger partial charge in [-0.2, -0.15) is 5.10 Å². The molecule has 0 aliphatic rings. The molecule has 0 amide bonds. The number of rotatable bonds is 2. The van der Waals surface area contributed by atoms with E-state index in [0.29, 0.717) is 5.69 Å². The van der Waals surface area contributed by atoms with Gasteiger partial charge in [-0.15, -0.1) is 11.6 Å². The summed E-state index contributed by atoms with van der Waals surface area (Å²) in [5, 5.41) is 12.2. The van der Waals surface area contributed by atoms with Crippen molar-refractivity contribution in [3.8, 4) is 0 Å². The van der Waals surface area contributed by atoms with Crippen molar-refractivity contribution in [2.24, 2.45) is 7.05 Å². The maximum absolute atomic E-state index is 10.4. The van der Waals surface area contributed by atoms with Crippen molar-refractivity contribution in [3.63, 3.8) is 0 Å². The summed E-state index contributed by atoms with van der Waals surface area (Å²) in [6, 6.07) is 1.45. The summed E-state index contributed by atoms with van der Waals surface area (Å²) in [5.41, 5.74) is 0.729. The van der Waals surface area contributed by atoms with Gasteiger partial charge in [0.15, 0.2) is 5.69 Å². The van der Waals surface area contributed by atoms with Gasteiger partial charge in [-0.25, -0.2) is 4.79 Å². The highest BCUT2D eigenvalue weighted by Crippen LogP contribution is 2.05. The molecule has 1 N–H and O–H groups in total. The normalized spacial score (nSPS) is 10.0. The molecule has 0 unspecified atom stereocenters. The van der Waals surface area contributed by atoms with Crippen LogP contribution in [-0.2, 0) is 12.9 Å². The van der Waals surface area contributed by atoms with Gasteiger partial charge >= 0.3 is 5.97 Å². The van der Waals surface area contributed by atoms with Crippen molar-refractivity contribution >= 4 is 17.6 Å². The number of carboxylic acids is 1.